The van der Waals surface area contributed by atoms with E-state index in [0.29, 0.717) is 22.1 Å². The van der Waals surface area contributed by atoms with Crippen molar-refractivity contribution in [1.29, 1.82) is 0 Å². The van der Waals surface area contributed by atoms with Gasteiger partial charge in [-0.05, 0) is 36.8 Å². The number of nitrogens with one attached hydrogen (secondary N) is 1. The average molecular weight is 379 g/mol. The molecule has 26 heavy (non-hydrogen) atoms. The third-order valence-corrected chi connectivity index (χ3v) is 4.31. The van der Waals surface area contributed by atoms with Crippen LogP contribution in [0.5, 0.6) is 0 Å². The van der Waals surface area contributed by atoms with Crippen molar-refractivity contribution in [3.05, 3.63) is 69.7 Å². The SMILES string of the molecule is C[C@H](NC(=O)CN1C(=O)c2cc(F)c(F)cc2C1=O)c1ccc(Cl)cc1. The average Bonchev–Trinajstić information content (AvgIpc) is 2.80. The highest BCUT2D eigenvalue weighted by Gasteiger charge is 2.38. The van der Waals surface area contributed by atoms with Gasteiger partial charge in [-0.1, -0.05) is 23.7 Å². The van der Waals surface area contributed by atoms with E-state index in [4.69, 9.17) is 11.6 Å². The summed E-state index contributed by atoms with van der Waals surface area (Å²) in [5.74, 6) is -4.71. The lowest BCUT2D eigenvalue weighted by Gasteiger charge is -2.18. The number of halogens is 3. The maximum absolute atomic E-state index is 13.3. The normalized spacial score (nSPS) is 14.4. The zero-order valence-electron chi connectivity index (χ0n) is 13.6. The Morgan fingerprint density at radius 3 is 2.08 bits per heavy atom. The Morgan fingerprint density at radius 2 is 1.58 bits per heavy atom. The first-order chi connectivity index (χ1) is 12.3. The number of hydrogen-bond donors (Lipinski definition) is 1. The second kappa shape index (κ2) is 6.84. The summed E-state index contributed by atoms with van der Waals surface area (Å²) >= 11 is 5.81. The Labute approximate surface area is 152 Å². The van der Waals surface area contributed by atoms with Crippen molar-refractivity contribution in [3.8, 4) is 0 Å². The summed E-state index contributed by atoms with van der Waals surface area (Å²) in [4.78, 5) is 37.3. The Kier molecular flexibility index (Phi) is 4.73. The molecule has 0 saturated carbocycles. The van der Waals surface area contributed by atoms with Gasteiger partial charge in [0.05, 0.1) is 17.2 Å². The Balaban J connectivity index is 1.71. The van der Waals surface area contributed by atoms with Gasteiger partial charge >= 0.3 is 0 Å². The fourth-order valence-electron chi connectivity index (χ4n) is 2.69. The maximum atomic E-state index is 13.3. The molecule has 1 atom stereocenters. The van der Waals surface area contributed by atoms with Crippen molar-refractivity contribution >= 4 is 29.3 Å². The zero-order valence-corrected chi connectivity index (χ0v) is 14.3. The number of carbonyl (C=O) groups is 3. The van der Waals surface area contributed by atoms with Gasteiger partial charge in [0.2, 0.25) is 5.91 Å². The second-order valence-electron chi connectivity index (χ2n) is 5.85. The number of imide groups is 1. The van der Waals surface area contributed by atoms with Gasteiger partial charge in [-0.3, -0.25) is 19.3 Å². The lowest BCUT2D eigenvalue weighted by Crippen LogP contribution is -2.41. The molecule has 2 aromatic rings. The van der Waals surface area contributed by atoms with Gasteiger partial charge in [0, 0.05) is 5.02 Å². The lowest BCUT2D eigenvalue weighted by molar-refractivity contribution is -0.122. The van der Waals surface area contributed by atoms with Gasteiger partial charge in [-0.25, -0.2) is 8.78 Å². The van der Waals surface area contributed by atoms with Crippen LogP contribution in [0.15, 0.2) is 36.4 Å². The van der Waals surface area contributed by atoms with Crippen molar-refractivity contribution in [1.82, 2.24) is 10.2 Å². The van der Waals surface area contributed by atoms with Crippen LogP contribution in [-0.4, -0.2) is 29.2 Å². The van der Waals surface area contributed by atoms with E-state index in [1.807, 2.05) is 0 Å². The smallest absolute Gasteiger partial charge is 0.262 e. The summed E-state index contributed by atoms with van der Waals surface area (Å²) in [7, 11) is 0. The number of carbonyl (C=O) groups excluding carboxylic acids is 3. The molecular weight excluding hydrogens is 366 g/mol. The molecule has 1 N–H and O–H groups in total. The number of hydrogen-bond acceptors (Lipinski definition) is 3. The highest BCUT2D eigenvalue weighted by Crippen LogP contribution is 2.25. The molecule has 1 aliphatic rings. The van der Waals surface area contributed by atoms with Crippen LogP contribution < -0.4 is 5.32 Å². The van der Waals surface area contributed by atoms with Crippen LogP contribution >= 0.6 is 11.6 Å². The third kappa shape index (κ3) is 3.30. The van der Waals surface area contributed by atoms with Crippen molar-refractivity contribution < 1.29 is 23.2 Å². The minimum absolute atomic E-state index is 0.257. The molecule has 0 radical (unpaired) electrons. The molecular formula is C18H13ClF2N2O3. The van der Waals surface area contributed by atoms with E-state index >= 15 is 0 Å². The molecule has 0 bridgehead atoms. The molecule has 8 heteroatoms. The van der Waals surface area contributed by atoms with Gasteiger partial charge < -0.3 is 5.32 Å². The summed E-state index contributed by atoms with van der Waals surface area (Å²) in [5.41, 5.74) is 0.272. The topological polar surface area (TPSA) is 66.5 Å². The minimum Gasteiger partial charge on any atom is -0.348 e. The molecule has 0 saturated heterocycles. The Hall–Kier alpha value is -2.80. The molecule has 134 valence electrons. The van der Waals surface area contributed by atoms with Crippen LogP contribution in [0.4, 0.5) is 8.78 Å². The van der Waals surface area contributed by atoms with E-state index in [1.165, 1.54) is 0 Å². The number of amides is 3. The molecule has 1 aliphatic heterocycles. The lowest BCUT2D eigenvalue weighted by atomic mass is 10.1. The third-order valence-electron chi connectivity index (χ3n) is 4.06. The predicted octanol–water partition coefficient (Wildman–Crippen LogP) is 3.09. The first-order valence-corrected chi connectivity index (χ1v) is 8.06. The van der Waals surface area contributed by atoms with E-state index in [1.54, 1.807) is 31.2 Å². The second-order valence-corrected chi connectivity index (χ2v) is 6.29. The fraction of sp³-hybridized carbons (Fsp3) is 0.167. The van der Waals surface area contributed by atoms with Gasteiger partial charge in [0.25, 0.3) is 11.8 Å². The fourth-order valence-corrected chi connectivity index (χ4v) is 2.82. The number of nitrogens with zero attached hydrogens (tertiary/aromatic N) is 1. The molecule has 2 aromatic carbocycles. The number of fused-ring (bicyclic) bond motifs is 1. The van der Waals surface area contributed by atoms with Gasteiger partial charge in [0.15, 0.2) is 11.6 Å². The molecule has 1 heterocycles. The van der Waals surface area contributed by atoms with Gasteiger partial charge in [0.1, 0.15) is 6.54 Å². The first-order valence-electron chi connectivity index (χ1n) is 7.68. The molecule has 0 fully saturated rings. The van der Waals surface area contributed by atoms with Gasteiger partial charge in [-0.2, -0.15) is 0 Å². The number of rotatable bonds is 4. The van der Waals surface area contributed by atoms with Crippen LogP contribution in [0.3, 0.4) is 0 Å². The van der Waals surface area contributed by atoms with Crippen molar-refractivity contribution in [2.75, 3.05) is 6.54 Å². The van der Waals surface area contributed by atoms with Crippen LogP contribution in [0, 0.1) is 11.6 Å². The van der Waals surface area contributed by atoms with E-state index < -0.39 is 35.9 Å². The first kappa shape index (κ1) is 18.0. The molecule has 5 nitrogen and oxygen atoms in total. The van der Waals surface area contributed by atoms with E-state index in [-0.39, 0.29) is 17.2 Å². The van der Waals surface area contributed by atoms with Crippen LogP contribution in [0.25, 0.3) is 0 Å². The van der Waals surface area contributed by atoms with E-state index in [9.17, 15) is 23.2 Å². The van der Waals surface area contributed by atoms with E-state index in [0.717, 1.165) is 5.56 Å². The molecule has 3 amide bonds. The van der Waals surface area contributed by atoms with Crippen LogP contribution in [0.2, 0.25) is 5.02 Å². The van der Waals surface area contributed by atoms with Crippen molar-refractivity contribution in [2.24, 2.45) is 0 Å². The van der Waals surface area contributed by atoms with Gasteiger partial charge in [-0.15, -0.1) is 0 Å². The largest absolute Gasteiger partial charge is 0.348 e. The van der Waals surface area contributed by atoms with Crippen LogP contribution in [-0.2, 0) is 4.79 Å². The standard InChI is InChI=1S/C18H13ClF2N2O3/c1-9(10-2-4-11(19)5-3-10)22-16(24)8-23-17(25)12-6-14(20)15(21)7-13(12)18(23)26/h2-7,9H,8H2,1H3,(H,22,24)/t9-/m0/s1. The Bertz CT molecular complexity index is 874. The summed E-state index contributed by atoms with van der Waals surface area (Å²) < 4.78 is 26.6. The van der Waals surface area contributed by atoms with E-state index in [2.05, 4.69) is 5.32 Å². The molecule has 0 unspecified atom stereocenters. The summed E-state index contributed by atoms with van der Waals surface area (Å²) in [6, 6.07) is 7.77. The summed E-state index contributed by atoms with van der Waals surface area (Å²) in [6.07, 6.45) is 0. The minimum atomic E-state index is -1.23. The number of benzene rings is 2. The monoisotopic (exact) mass is 378 g/mol. The molecule has 0 spiro atoms. The predicted molar refractivity (Wildman–Crippen MR) is 89.7 cm³/mol. The summed E-state index contributed by atoms with van der Waals surface area (Å²) in [5, 5.41) is 3.21. The maximum Gasteiger partial charge on any atom is 0.262 e. The Morgan fingerprint density at radius 1 is 1.08 bits per heavy atom. The molecule has 0 aromatic heterocycles. The van der Waals surface area contributed by atoms with Crippen molar-refractivity contribution in [2.45, 2.75) is 13.0 Å². The highest BCUT2D eigenvalue weighted by atomic mass is 35.5. The quantitative estimate of drug-likeness (QED) is 0.831. The molecule has 3 rings (SSSR count). The summed E-state index contributed by atoms with van der Waals surface area (Å²) in [6.45, 7) is 1.18. The van der Waals surface area contributed by atoms with Crippen LogP contribution in [0.1, 0.15) is 39.2 Å². The van der Waals surface area contributed by atoms with Crippen molar-refractivity contribution in [3.63, 3.8) is 0 Å². The zero-order chi connectivity index (χ0) is 19.0. The molecule has 0 aliphatic carbocycles. The highest BCUT2D eigenvalue weighted by molar-refractivity contribution is 6.30.